The van der Waals surface area contributed by atoms with Gasteiger partial charge < -0.3 is 18.9 Å². The first-order valence-electron chi connectivity index (χ1n) is 17.3. The molecule has 0 radical (unpaired) electrons. The maximum Gasteiger partial charge on any atom is 0.307 e. The van der Waals surface area contributed by atoms with E-state index in [0.717, 1.165) is 54.4 Å². The van der Waals surface area contributed by atoms with E-state index in [0.29, 0.717) is 39.1 Å². The number of carbonyl (C=O) groups excluding carboxylic acids is 2. The molecule has 45 heavy (non-hydrogen) atoms. The van der Waals surface area contributed by atoms with Gasteiger partial charge in [0.1, 0.15) is 13.2 Å². The van der Waals surface area contributed by atoms with Crippen molar-refractivity contribution >= 4 is 55.1 Å². The third-order valence-corrected chi connectivity index (χ3v) is 12.2. The quantitative estimate of drug-likeness (QED) is 0.0411. The Hall–Kier alpha value is -0.490. The molecule has 11 heteroatoms. The predicted octanol–water partition coefficient (Wildman–Crippen LogP) is 9.42. The maximum atomic E-state index is 12.4. The van der Waals surface area contributed by atoms with Crippen LogP contribution in [-0.4, -0.2) is 82.2 Å². The van der Waals surface area contributed by atoms with Crippen molar-refractivity contribution in [2.24, 2.45) is 11.8 Å². The summed E-state index contributed by atoms with van der Waals surface area (Å²) in [6.07, 6.45) is 20.3. The molecular formula is C34H63N3O4S4. The zero-order valence-corrected chi connectivity index (χ0v) is 32.0. The molecule has 0 aliphatic rings. The normalized spacial score (nSPS) is 11.6. The van der Waals surface area contributed by atoms with E-state index in [1.807, 2.05) is 38.7 Å². The number of aryl methyl sites for hydroxylation is 1. The number of ether oxygens (including phenoxy) is 2. The van der Waals surface area contributed by atoms with Crippen molar-refractivity contribution in [1.29, 1.82) is 0 Å². The van der Waals surface area contributed by atoms with Crippen molar-refractivity contribution in [3.8, 4) is 0 Å². The summed E-state index contributed by atoms with van der Waals surface area (Å²) in [4.78, 5) is 31.1. The fourth-order valence-electron chi connectivity index (χ4n) is 4.62. The number of nitrogens with zero attached hydrogens (tertiary/aromatic N) is 3. The molecule has 0 amide bonds. The zero-order chi connectivity index (χ0) is 32.8. The standard InChI is InChI=1S/C34H63N3O4S4/c1-31(2)14-9-5-7-11-26-42-44-28-24-40-33(38)16-21-36(19-13-20-37-23-18-35-30-37)22-17-34(39)41-25-29-45-43-27-12-8-6-10-15-32(3)4/h18,23,30-32H,5-17,19-22,24-29H2,1-4H3. The smallest absolute Gasteiger partial charge is 0.307 e. The van der Waals surface area contributed by atoms with Crippen LogP contribution in [0.2, 0.25) is 0 Å². The Labute approximate surface area is 291 Å². The lowest BCUT2D eigenvalue weighted by molar-refractivity contribution is -0.143. The number of carbonyl (C=O) groups is 2. The van der Waals surface area contributed by atoms with Crippen LogP contribution in [0, 0.1) is 11.8 Å². The Morgan fingerprint density at radius 3 is 1.62 bits per heavy atom. The molecule has 0 fully saturated rings. The molecule has 1 rings (SSSR count). The van der Waals surface area contributed by atoms with Crippen LogP contribution < -0.4 is 0 Å². The molecule has 1 aromatic rings. The molecule has 1 aromatic heterocycles. The first-order chi connectivity index (χ1) is 21.9. The summed E-state index contributed by atoms with van der Waals surface area (Å²) in [5.74, 6) is 5.24. The summed E-state index contributed by atoms with van der Waals surface area (Å²) in [5, 5.41) is 0. The van der Waals surface area contributed by atoms with Gasteiger partial charge in [-0.15, -0.1) is 0 Å². The van der Waals surface area contributed by atoms with Crippen LogP contribution in [0.15, 0.2) is 18.7 Å². The number of unbranched alkanes of at least 4 members (excludes halogenated alkanes) is 6. The SMILES string of the molecule is CC(C)CCCCCCSSCCOC(=O)CCN(CCCn1ccnc1)CCC(=O)OCCSSCCCCCCC(C)C. The minimum Gasteiger partial charge on any atom is -0.465 e. The largest absolute Gasteiger partial charge is 0.465 e. The van der Waals surface area contributed by atoms with Gasteiger partial charge in [-0.3, -0.25) is 9.59 Å². The van der Waals surface area contributed by atoms with Crippen LogP contribution >= 0.6 is 43.2 Å². The molecule has 0 saturated heterocycles. The Kier molecular flexibility index (Phi) is 29.1. The van der Waals surface area contributed by atoms with Crippen LogP contribution in [0.1, 0.15) is 111 Å². The van der Waals surface area contributed by atoms with E-state index < -0.39 is 0 Å². The van der Waals surface area contributed by atoms with Crippen molar-refractivity contribution in [2.45, 2.75) is 118 Å². The molecule has 0 N–H and O–H groups in total. The average Bonchev–Trinajstić information content (AvgIpc) is 3.53. The summed E-state index contributed by atoms with van der Waals surface area (Å²) < 4.78 is 13.0. The van der Waals surface area contributed by atoms with E-state index >= 15 is 0 Å². The van der Waals surface area contributed by atoms with Crippen molar-refractivity contribution in [1.82, 2.24) is 14.5 Å². The highest BCUT2D eigenvalue weighted by Gasteiger charge is 2.13. The van der Waals surface area contributed by atoms with Crippen molar-refractivity contribution in [3.05, 3.63) is 18.7 Å². The van der Waals surface area contributed by atoms with E-state index in [9.17, 15) is 9.59 Å². The number of hydrogen-bond acceptors (Lipinski definition) is 10. The number of imidazole rings is 1. The Balaban J connectivity index is 2.15. The first-order valence-corrected chi connectivity index (χ1v) is 22.3. The van der Waals surface area contributed by atoms with Crippen molar-refractivity contribution < 1.29 is 19.1 Å². The van der Waals surface area contributed by atoms with Crippen LogP contribution in [0.25, 0.3) is 0 Å². The molecule has 0 atom stereocenters. The van der Waals surface area contributed by atoms with Crippen molar-refractivity contribution in [2.75, 3.05) is 55.9 Å². The number of aromatic nitrogens is 2. The molecule has 0 aliphatic heterocycles. The van der Waals surface area contributed by atoms with Gasteiger partial charge >= 0.3 is 11.9 Å². The van der Waals surface area contributed by atoms with E-state index in [-0.39, 0.29) is 11.9 Å². The van der Waals surface area contributed by atoms with Gasteiger partial charge in [0.2, 0.25) is 0 Å². The Morgan fingerprint density at radius 2 is 1.16 bits per heavy atom. The van der Waals surface area contributed by atoms with Crippen LogP contribution in [-0.2, 0) is 25.6 Å². The van der Waals surface area contributed by atoms with E-state index in [4.69, 9.17) is 9.47 Å². The second kappa shape index (κ2) is 30.8. The number of esters is 2. The predicted molar refractivity (Wildman–Crippen MR) is 200 cm³/mol. The van der Waals surface area contributed by atoms with Crippen molar-refractivity contribution in [3.63, 3.8) is 0 Å². The van der Waals surface area contributed by atoms with Gasteiger partial charge in [-0.25, -0.2) is 4.98 Å². The maximum absolute atomic E-state index is 12.4. The highest BCUT2D eigenvalue weighted by molar-refractivity contribution is 8.77. The summed E-state index contributed by atoms with van der Waals surface area (Å²) >= 11 is 0. The van der Waals surface area contributed by atoms with Gasteiger partial charge in [0, 0.05) is 55.0 Å². The average molecular weight is 706 g/mol. The summed E-state index contributed by atoms with van der Waals surface area (Å²) in [7, 11) is 7.35. The second-order valence-corrected chi connectivity index (χ2v) is 17.8. The van der Waals surface area contributed by atoms with Gasteiger partial charge in [-0.1, -0.05) is 122 Å². The van der Waals surface area contributed by atoms with Gasteiger partial charge in [0.15, 0.2) is 0 Å². The topological polar surface area (TPSA) is 73.7 Å². The molecular weight excluding hydrogens is 643 g/mol. The van der Waals surface area contributed by atoms with Crippen LogP contribution in [0.3, 0.4) is 0 Å². The fourth-order valence-corrected chi connectivity index (χ4v) is 8.57. The molecule has 262 valence electrons. The number of rotatable bonds is 32. The minimum atomic E-state index is -0.168. The summed E-state index contributed by atoms with van der Waals surface area (Å²) in [6, 6.07) is 0. The highest BCUT2D eigenvalue weighted by Crippen LogP contribution is 2.24. The molecule has 0 aliphatic carbocycles. The molecule has 1 heterocycles. The second-order valence-electron chi connectivity index (χ2n) is 12.4. The molecule has 0 saturated carbocycles. The zero-order valence-electron chi connectivity index (χ0n) is 28.8. The molecule has 0 bridgehead atoms. The lowest BCUT2D eigenvalue weighted by atomic mass is 10.0. The third-order valence-electron chi connectivity index (χ3n) is 7.26. The first kappa shape index (κ1) is 42.5. The lowest BCUT2D eigenvalue weighted by Gasteiger charge is -2.21. The Bertz CT molecular complexity index is 769. The Morgan fingerprint density at radius 1 is 0.667 bits per heavy atom. The minimum absolute atomic E-state index is 0.168. The summed E-state index contributed by atoms with van der Waals surface area (Å²) in [5.41, 5.74) is 0. The molecule has 0 spiro atoms. The lowest BCUT2D eigenvalue weighted by Crippen LogP contribution is -2.31. The van der Waals surface area contributed by atoms with Crippen LogP contribution in [0.4, 0.5) is 0 Å². The summed E-state index contributed by atoms with van der Waals surface area (Å²) in [6.45, 7) is 12.9. The monoisotopic (exact) mass is 705 g/mol. The van der Waals surface area contributed by atoms with Gasteiger partial charge in [0.25, 0.3) is 0 Å². The van der Waals surface area contributed by atoms with Gasteiger partial charge in [-0.2, -0.15) is 0 Å². The molecule has 0 unspecified atom stereocenters. The fraction of sp³-hybridized carbons (Fsp3) is 0.853. The van der Waals surface area contributed by atoms with Gasteiger partial charge in [0.05, 0.1) is 19.2 Å². The third kappa shape index (κ3) is 29.4. The van der Waals surface area contributed by atoms with E-state index in [2.05, 4.69) is 37.6 Å². The van der Waals surface area contributed by atoms with E-state index in [1.54, 1.807) is 27.8 Å². The van der Waals surface area contributed by atoms with Crippen LogP contribution in [0.5, 0.6) is 0 Å². The molecule has 0 aromatic carbocycles. The van der Waals surface area contributed by atoms with E-state index in [1.165, 1.54) is 64.2 Å². The molecule has 7 nitrogen and oxygen atoms in total. The van der Waals surface area contributed by atoms with Gasteiger partial charge in [-0.05, 0) is 37.6 Å². The number of hydrogen-bond donors (Lipinski definition) is 0. The highest BCUT2D eigenvalue weighted by atomic mass is 33.1.